The monoisotopic (exact) mass is 397 g/mol. The fraction of sp³-hybridized carbons (Fsp3) is 0.333. The molecule has 2 N–H and O–H groups in total. The Bertz CT molecular complexity index is 532. The average Bonchev–Trinajstić information content (AvgIpc) is 2.38. The molecule has 112 valence electrons. The second-order valence-corrected chi connectivity index (χ2v) is 9.26. The molecular formula is C18H22IO2+. The highest BCUT2D eigenvalue weighted by Gasteiger charge is 2.21. The number of aliphatic hydroxyl groups is 2. The van der Waals surface area contributed by atoms with E-state index in [0.717, 1.165) is 11.1 Å². The lowest BCUT2D eigenvalue weighted by Gasteiger charge is -2.17. The number of halogens is 1. The number of hydrogen-bond acceptors (Lipinski definition) is 2. The van der Waals surface area contributed by atoms with Crippen molar-refractivity contribution in [1.29, 1.82) is 0 Å². The third kappa shape index (κ3) is 4.53. The van der Waals surface area contributed by atoms with Crippen LogP contribution in [-0.4, -0.2) is 10.2 Å². The Morgan fingerprint density at radius 2 is 0.905 bits per heavy atom. The molecule has 2 aromatic rings. The number of hydrogen-bond donors (Lipinski definition) is 2. The van der Waals surface area contributed by atoms with Crippen LogP contribution in [0.3, 0.4) is 0 Å². The van der Waals surface area contributed by atoms with Crippen molar-refractivity contribution in [3.8, 4) is 0 Å². The molecule has 0 unspecified atom stereocenters. The zero-order valence-electron chi connectivity index (χ0n) is 12.9. The first-order valence-corrected chi connectivity index (χ1v) is 9.13. The van der Waals surface area contributed by atoms with E-state index in [4.69, 9.17) is 0 Å². The fourth-order valence-electron chi connectivity index (χ4n) is 1.97. The lowest BCUT2D eigenvalue weighted by Crippen LogP contribution is -3.61. The van der Waals surface area contributed by atoms with Crippen LogP contribution in [-0.2, 0) is 11.2 Å². The average molecular weight is 397 g/mol. The summed E-state index contributed by atoms with van der Waals surface area (Å²) in [7, 11) is 0. The summed E-state index contributed by atoms with van der Waals surface area (Å²) < 4.78 is 2.63. The molecule has 0 amide bonds. The van der Waals surface area contributed by atoms with Gasteiger partial charge in [-0.1, -0.05) is 24.3 Å². The van der Waals surface area contributed by atoms with Gasteiger partial charge in [0.25, 0.3) is 0 Å². The molecule has 0 aliphatic heterocycles. The van der Waals surface area contributed by atoms with Gasteiger partial charge in [0.15, 0.2) is 7.14 Å². The molecule has 0 radical (unpaired) electrons. The van der Waals surface area contributed by atoms with E-state index in [-0.39, 0.29) is 21.2 Å². The highest BCUT2D eigenvalue weighted by molar-refractivity contribution is 5.21. The minimum absolute atomic E-state index is 0.234. The summed E-state index contributed by atoms with van der Waals surface area (Å²) >= 11 is -0.234. The normalized spacial score (nSPS) is 12.5. The van der Waals surface area contributed by atoms with Crippen LogP contribution in [0, 0.1) is 7.14 Å². The Kier molecular flexibility index (Phi) is 4.76. The Balaban J connectivity index is 2.12. The van der Waals surface area contributed by atoms with Crippen molar-refractivity contribution in [1.82, 2.24) is 0 Å². The van der Waals surface area contributed by atoms with Crippen LogP contribution >= 0.6 is 0 Å². The smallest absolute Gasteiger partial charge is 0.357 e. The van der Waals surface area contributed by atoms with Crippen LogP contribution in [0.5, 0.6) is 0 Å². The maximum absolute atomic E-state index is 9.96. The van der Waals surface area contributed by atoms with Crippen LogP contribution in [0.1, 0.15) is 38.8 Å². The van der Waals surface area contributed by atoms with Crippen molar-refractivity contribution in [2.75, 3.05) is 0 Å². The number of rotatable bonds is 4. The fourth-order valence-corrected chi connectivity index (χ4v) is 4.12. The van der Waals surface area contributed by atoms with Crippen LogP contribution in [0.15, 0.2) is 48.5 Å². The van der Waals surface area contributed by atoms with Crippen LogP contribution < -0.4 is 21.2 Å². The van der Waals surface area contributed by atoms with Gasteiger partial charge in [-0.25, -0.2) is 0 Å². The first kappa shape index (κ1) is 16.5. The third-order valence-electron chi connectivity index (χ3n) is 3.32. The van der Waals surface area contributed by atoms with Crippen molar-refractivity contribution >= 4 is 0 Å². The predicted octanol–water partition coefficient (Wildman–Crippen LogP) is 0.270. The third-order valence-corrected chi connectivity index (χ3v) is 6.00. The first-order chi connectivity index (χ1) is 9.66. The quantitative estimate of drug-likeness (QED) is 0.728. The molecule has 0 aliphatic rings. The topological polar surface area (TPSA) is 40.5 Å². The Morgan fingerprint density at radius 3 is 1.14 bits per heavy atom. The van der Waals surface area contributed by atoms with Gasteiger partial charge in [0.1, 0.15) is 0 Å². The highest BCUT2D eigenvalue weighted by Crippen LogP contribution is 2.19. The molecule has 2 rings (SSSR count). The van der Waals surface area contributed by atoms with Crippen molar-refractivity contribution in [3.63, 3.8) is 0 Å². The number of benzene rings is 2. The van der Waals surface area contributed by atoms with Gasteiger partial charge in [-0.3, -0.25) is 0 Å². The van der Waals surface area contributed by atoms with Crippen molar-refractivity contribution in [3.05, 3.63) is 66.8 Å². The molecule has 0 aromatic heterocycles. The summed E-state index contributed by atoms with van der Waals surface area (Å²) in [6.45, 7) is 7.19. The van der Waals surface area contributed by atoms with E-state index in [1.54, 1.807) is 27.7 Å². The van der Waals surface area contributed by atoms with Gasteiger partial charge in [0.2, 0.25) is 0 Å². The summed E-state index contributed by atoms with van der Waals surface area (Å²) in [5.41, 5.74) is 0.302. The van der Waals surface area contributed by atoms with Crippen LogP contribution in [0.25, 0.3) is 0 Å². The van der Waals surface area contributed by atoms with E-state index >= 15 is 0 Å². The Morgan fingerprint density at radius 1 is 0.619 bits per heavy atom. The lowest BCUT2D eigenvalue weighted by atomic mass is 9.99. The molecule has 0 spiro atoms. The van der Waals surface area contributed by atoms with Crippen molar-refractivity contribution in [2.24, 2.45) is 0 Å². The standard InChI is InChI=1S/C18H22IO2/c1-17(2,20)13-5-9-15(10-6-13)19-16-11-7-14(8-12-16)18(3,4)21/h5-12,20-21H,1-4H3/q+1. The molecule has 3 heteroatoms. The minimum atomic E-state index is -0.787. The SMILES string of the molecule is CC(C)(O)c1ccc([I+]c2ccc(C(C)(C)O)cc2)cc1. The second-order valence-electron chi connectivity index (χ2n) is 6.23. The van der Waals surface area contributed by atoms with Gasteiger partial charge in [-0.05, 0) is 63.1 Å². The maximum Gasteiger partial charge on any atom is 0.357 e. The zero-order chi connectivity index (χ0) is 15.7. The van der Waals surface area contributed by atoms with Gasteiger partial charge >= 0.3 is 21.2 Å². The molecule has 2 aromatic carbocycles. The van der Waals surface area contributed by atoms with Crippen LogP contribution in [0.2, 0.25) is 0 Å². The summed E-state index contributed by atoms with van der Waals surface area (Å²) in [4.78, 5) is 0. The van der Waals surface area contributed by atoms with E-state index in [0.29, 0.717) is 0 Å². The minimum Gasteiger partial charge on any atom is -0.386 e. The van der Waals surface area contributed by atoms with Crippen molar-refractivity contribution in [2.45, 2.75) is 38.9 Å². The van der Waals surface area contributed by atoms with Crippen LogP contribution in [0.4, 0.5) is 0 Å². The molecule has 0 saturated heterocycles. The molecule has 0 saturated carbocycles. The molecular weight excluding hydrogens is 375 g/mol. The van der Waals surface area contributed by atoms with Crippen molar-refractivity contribution < 1.29 is 31.4 Å². The largest absolute Gasteiger partial charge is 0.386 e. The van der Waals surface area contributed by atoms with Gasteiger partial charge in [-0.2, -0.15) is 0 Å². The van der Waals surface area contributed by atoms with E-state index in [1.807, 2.05) is 24.3 Å². The molecule has 0 heterocycles. The van der Waals surface area contributed by atoms with Gasteiger partial charge in [0, 0.05) is 0 Å². The van der Waals surface area contributed by atoms with E-state index in [1.165, 1.54) is 7.14 Å². The molecule has 0 aliphatic carbocycles. The maximum atomic E-state index is 9.96. The van der Waals surface area contributed by atoms with E-state index in [2.05, 4.69) is 24.3 Å². The molecule has 2 nitrogen and oxygen atoms in total. The summed E-state index contributed by atoms with van der Waals surface area (Å²) in [5.74, 6) is 0. The van der Waals surface area contributed by atoms with Gasteiger partial charge in [0.05, 0.1) is 11.2 Å². The highest BCUT2D eigenvalue weighted by atomic mass is 127. The van der Waals surface area contributed by atoms with E-state index in [9.17, 15) is 10.2 Å². The summed E-state index contributed by atoms with van der Waals surface area (Å²) in [5, 5.41) is 19.9. The lowest BCUT2D eigenvalue weighted by molar-refractivity contribution is -0.597. The Labute approximate surface area is 137 Å². The second kappa shape index (κ2) is 6.07. The molecule has 21 heavy (non-hydrogen) atoms. The molecule has 0 fully saturated rings. The van der Waals surface area contributed by atoms with E-state index < -0.39 is 11.2 Å². The molecule has 0 atom stereocenters. The predicted molar refractivity (Wildman–Crippen MR) is 80.8 cm³/mol. The zero-order valence-corrected chi connectivity index (χ0v) is 15.0. The van der Waals surface area contributed by atoms with Gasteiger partial charge in [-0.15, -0.1) is 0 Å². The summed E-state index contributed by atoms with van der Waals surface area (Å²) in [6.07, 6.45) is 0. The van der Waals surface area contributed by atoms with Gasteiger partial charge < -0.3 is 10.2 Å². The summed E-state index contributed by atoms with van der Waals surface area (Å²) in [6, 6.07) is 16.4. The Hall–Kier alpha value is -0.910. The first-order valence-electron chi connectivity index (χ1n) is 6.97. The molecule has 0 bridgehead atoms.